The second-order valence-corrected chi connectivity index (χ2v) is 4.31. The first-order valence-corrected chi connectivity index (χ1v) is 6.21. The van der Waals surface area contributed by atoms with E-state index in [4.69, 9.17) is 11.6 Å². The molecule has 0 radical (unpaired) electrons. The lowest BCUT2D eigenvalue weighted by molar-refractivity contribution is 0.707. The number of halogens is 1. The van der Waals surface area contributed by atoms with Crippen LogP contribution in [0, 0.1) is 0 Å². The van der Waals surface area contributed by atoms with Crippen LogP contribution in [-0.2, 0) is 12.8 Å². The Kier molecular flexibility index (Phi) is 3.26. The van der Waals surface area contributed by atoms with Crippen LogP contribution in [0.3, 0.4) is 0 Å². The van der Waals surface area contributed by atoms with Gasteiger partial charge in [-0.1, -0.05) is 23.4 Å². The number of nitrogens with zero attached hydrogens (tertiary/aromatic N) is 2. The minimum Gasteiger partial charge on any atom is -0.316 e. The Morgan fingerprint density at radius 2 is 2.07 bits per heavy atom. The molecule has 2 heterocycles. The smallest absolute Gasteiger partial charge is 0.188 e. The van der Waals surface area contributed by atoms with E-state index >= 15 is 0 Å². The number of hydrogen-bond acceptors (Lipinski definition) is 4. The molecule has 3 nitrogen and oxygen atoms in total. The third-order valence-corrected chi connectivity index (χ3v) is 3.16. The van der Waals surface area contributed by atoms with Crippen LogP contribution < -0.4 is 5.32 Å². The second-order valence-electron chi connectivity index (χ2n) is 3.18. The molecule has 0 aliphatic carbocycles. The zero-order chi connectivity index (χ0) is 9.97. The molecule has 0 unspecified atom stereocenters. The lowest BCUT2D eigenvalue weighted by Gasteiger charge is -2.07. The number of rotatable bonds is 1. The van der Waals surface area contributed by atoms with E-state index in [1.54, 1.807) is 0 Å². The third kappa shape index (κ3) is 2.02. The zero-order valence-electron chi connectivity index (χ0n) is 8.01. The molecule has 1 aliphatic heterocycles. The van der Waals surface area contributed by atoms with Crippen molar-refractivity contribution in [2.24, 2.45) is 0 Å². The molecule has 1 aromatic rings. The van der Waals surface area contributed by atoms with Crippen LogP contribution in [0.4, 0.5) is 0 Å². The minimum atomic E-state index is 0.628. The van der Waals surface area contributed by atoms with Crippen molar-refractivity contribution in [1.29, 1.82) is 0 Å². The molecule has 1 aliphatic rings. The van der Waals surface area contributed by atoms with E-state index in [9.17, 15) is 0 Å². The molecular weight excluding hydrogens is 218 g/mol. The van der Waals surface area contributed by atoms with Crippen LogP contribution in [0.5, 0.6) is 0 Å². The average molecular weight is 230 g/mol. The summed E-state index contributed by atoms with van der Waals surface area (Å²) in [6.07, 6.45) is 3.85. The molecular formula is C9H12ClN3S. The molecule has 0 bridgehead atoms. The van der Waals surface area contributed by atoms with Gasteiger partial charge in [-0.05, 0) is 19.2 Å². The Morgan fingerprint density at radius 1 is 1.29 bits per heavy atom. The Bertz CT molecular complexity index is 343. The monoisotopic (exact) mass is 229 g/mol. The molecule has 0 saturated carbocycles. The van der Waals surface area contributed by atoms with E-state index < -0.39 is 0 Å². The highest BCUT2D eigenvalue weighted by atomic mass is 35.5. The van der Waals surface area contributed by atoms with Crippen LogP contribution >= 0.6 is 23.4 Å². The van der Waals surface area contributed by atoms with Crippen LogP contribution in [0.25, 0.3) is 0 Å². The fraction of sp³-hybridized carbons (Fsp3) is 0.556. The molecule has 76 valence electrons. The van der Waals surface area contributed by atoms with Gasteiger partial charge in [-0.3, -0.25) is 0 Å². The standard InChI is InChI=1S/C9H12ClN3S/c1-14-9-12-7-3-5-11-4-2-6(7)8(10)13-9/h11H,2-5H2,1H3. The van der Waals surface area contributed by atoms with Crippen molar-refractivity contribution in [3.05, 3.63) is 16.4 Å². The van der Waals surface area contributed by atoms with Gasteiger partial charge in [0.2, 0.25) is 0 Å². The Hall–Kier alpha value is -0.320. The summed E-state index contributed by atoms with van der Waals surface area (Å²) >= 11 is 7.64. The molecule has 5 heteroatoms. The fourth-order valence-corrected chi connectivity index (χ4v) is 2.29. The number of nitrogens with one attached hydrogen (secondary N) is 1. The van der Waals surface area contributed by atoms with E-state index in [0.717, 1.165) is 42.3 Å². The van der Waals surface area contributed by atoms with E-state index in [2.05, 4.69) is 15.3 Å². The van der Waals surface area contributed by atoms with Gasteiger partial charge in [0, 0.05) is 18.5 Å². The summed E-state index contributed by atoms with van der Waals surface area (Å²) in [4.78, 5) is 8.72. The van der Waals surface area contributed by atoms with Crippen LogP contribution in [0.1, 0.15) is 11.3 Å². The molecule has 0 spiro atoms. The van der Waals surface area contributed by atoms with Gasteiger partial charge in [0.1, 0.15) is 5.15 Å². The van der Waals surface area contributed by atoms with Gasteiger partial charge in [0.05, 0.1) is 5.69 Å². The average Bonchev–Trinajstić information content (AvgIpc) is 2.42. The van der Waals surface area contributed by atoms with Crippen LogP contribution in [0.15, 0.2) is 5.16 Å². The Balaban J connectivity index is 2.43. The van der Waals surface area contributed by atoms with Crippen molar-refractivity contribution < 1.29 is 0 Å². The van der Waals surface area contributed by atoms with E-state index in [-0.39, 0.29) is 0 Å². The first kappa shape index (κ1) is 10.2. The molecule has 0 aromatic carbocycles. The highest BCUT2D eigenvalue weighted by Gasteiger charge is 2.14. The van der Waals surface area contributed by atoms with Crippen molar-refractivity contribution >= 4 is 23.4 Å². The van der Waals surface area contributed by atoms with Gasteiger partial charge in [-0.2, -0.15) is 0 Å². The van der Waals surface area contributed by atoms with Crippen molar-refractivity contribution in [3.63, 3.8) is 0 Å². The van der Waals surface area contributed by atoms with Gasteiger partial charge in [0.15, 0.2) is 5.16 Å². The molecule has 0 amide bonds. The topological polar surface area (TPSA) is 37.8 Å². The Morgan fingerprint density at radius 3 is 2.86 bits per heavy atom. The first-order chi connectivity index (χ1) is 6.81. The number of aromatic nitrogens is 2. The van der Waals surface area contributed by atoms with Gasteiger partial charge < -0.3 is 5.32 Å². The van der Waals surface area contributed by atoms with Gasteiger partial charge in [0.25, 0.3) is 0 Å². The number of thioether (sulfide) groups is 1. The summed E-state index contributed by atoms with van der Waals surface area (Å²) in [6, 6.07) is 0. The highest BCUT2D eigenvalue weighted by molar-refractivity contribution is 7.98. The summed E-state index contributed by atoms with van der Waals surface area (Å²) in [6.45, 7) is 1.95. The summed E-state index contributed by atoms with van der Waals surface area (Å²) < 4.78 is 0. The summed E-state index contributed by atoms with van der Waals surface area (Å²) in [5.74, 6) is 0. The maximum atomic E-state index is 6.11. The van der Waals surface area contributed by atoms with E-state index in [1.165, 1.54) is 11.8 Å². The van der Waals surface area contributed by atoms with Gasteiger partial charge in [-0.15, -0.1) is 0 Å². The predicted molar refractivity (Wildman–Crippen MR) is 59.1 cm³/mol. The molecule has 2 rings (SSSR count). The summed E-state index contributed by atoms with van der Waals surface area (Å²) in [5, 5.41) is 4.73. The SMILES string of the molecule is CSc1nc(Cl)c2c(n1)CCNCC2. The quantitative estimate of drug-likeness (QED) is 0.451. The van der Waals surface area contributed by atoms with Crippen molar-refractivity contribution in [1.82, 2.24) is 15.3 Å². The molecule has 1 N–H and O–H groups in total. The lowest BCUT2D eigenvalue weighted by atomic mass is 10.1. The van der Waals surface area contributed by atoms with Crippen LogP contribution in [0.2, 0.25) is 5.15 Å². The predicted octanol–water partition coefficient (Wildman–Crippen LogP) is 1.54. The molecule has 0 atom stereocenters. The molecule has 14 heavy (non-hydrogen) atoms. The normalized spacial score (nSPS) is 16.1. The second kappa shape index (κ2) is 4.47. The van der Waals surface area contributed by atoms with E-state index in [0.29, 0.717) is 5.15 Å². The van der Waals surface area contributed by atoms with Crippen molar-refractivity contribution in [2.45, 2.75) is 18.0 Å². The zero-order valence-corrected chi connectivity index (χ0v) is 9.58. The minimum absolute atomic E-state index is 0.628. The lowest BCUT2D eigenvalue weighted by Crippen LogP contribution is -2.16. The largest absolute Gasteiger partial charge is 0.316 e. The fourth-order valence-electron chi connectivity index (χ4n) is 1.57. The molecule has 1 aromatic heterocycles. The van der Waals surface area contributed by atoms with Gasteiger partial charge >= 0.3 is 0 Å². The number of fused-ring (bicyclic) bond motifs is 1. The highest BCUT2D eigenvalue weighted by Crippen LogP contribution is 2.22. The molecule has 0 fully saturated rings. The van der Waals surface area contributed by atoms with Crippen molar-refractivity contribution in [2.75, 3.05) is 19.3 Å². The Labute approximate surface area is 92.7 Å². The van der Waals surface area contributed by atoms with Gasteiger partial charge in [-0.25, -0.2) is 9.97 Å². The van der Waals surface area contributed by atoms with Crippen molar-refractivity contribution in [3.8, 4) is 0 Å². The maximum Gasteiger partial charge on any atom is 0.188 e. The van der Waals surface area contributed by atoms with Crippen LogP contribution in [-0.4, -0.2) is 29.3 Å². The maximum absolute atomic E-state index is 6.11. The molecule has 0 saturated heterocycles. The number of hydrogen-bond donors (Lipinski definition) is 1. The summed E-state index contributed by atoms with van der Waals surface area (Å²) in [7, 11) is 0. The van der Waals surface area contributed by atoms with E-state index in [1.807, 2.05) is 6.26 Å². The first-order valence-electron chi connectivity index (χ1n) is 4.61. The summed E-state index contributed by atoms with van der Waals surface area (Å²) in [5.41, 5.74) is 2.23. The third-order valence-electron chi connectivity index (χ3n) is 2.29.